The highest BCUT2D eigenvalue weighted by atomic mass is 16.5. The maximum atomic E-state index is 5.51. The summed E-state index contributed by atoms with van der Waals surface area (Å²) in [6.07, 6.45) is 0. The molecule has 1 aromatic heterocycles. The summed E-state index contributed by atoms with van der Waals surface area (Å²) in [6.45, 7) is 9.03. The van der Waals surface area contributed by atoms with E-state index in [1.165, 1.54) is 5.56 Å². The molecule has 2 aromatic rings. The molecule has 0 saturated carbocycles. The third-order valence-corrected chi connectivity index (χ3v) is 4.81. The fraction of sp³-hybridized carbons (Fsp3) is 0.526. The van der Waals surface area contributed by atoms with Gasteiger partial charge in [-0.05, 0) is 31.5 Å². The Labute approximate surface area is 149 Å². The number of ether oxygens (including phenoxy) is 2. The summed E-state index contributed by atoms with van der Waals surface area (Å²) in [4.78, 5) is 2.48. The van der Waals surface area contributed by atoms with Crippen LogP contribution in [0.1, 0.15) is 28.6 Å². The molecule has 0 amide bonds. The van der Waals surface area contributed by atoms with Crippen LogP contribution >= 0.6 is 0 Å². The smallest absolute Gasteiger partial charge is 0.138 e. The molecule has 6 nitrogen and oxygen atoms in total. The van der Waals surface area contributed by atoms with Crippen molar-refractivity contribution in [3.63, 3.8) is 0 Å². The van der Waals surface area contributed by atoms with Gasteiger partial charge < -0.3 is 19.3 Å². The zero-order valence-corrected chi connectivity index (χ0v) is 15.2. The molecule has 0 bridgehead atoms. The van der Waals surface area contributed by atoms with E-state index in [1.54, 1.807) is 7.11 Å². The first-order valence-electron chi connectivity index (χ1n) is 8.77. The lowest BCUT2D eigenvalue weighted by atomic mass is 10.0. The van der Waals surface area contributed by atoms with E-state index in [9.17, 15) is 0 Å². The summed E-state index contributed by atoms with van der Waals surface area (Å²) in [6, 6.07) is 8.65. The molecule has 1 aromatic carbocycles. The van der Waals surface area contributed by atoms with Crippen LogP contribution in [0.15, 0.2) is 28.8 Å². The van der Waals surface area contributed by atoms with Gasteiger partial charge in [-0.2, -0.15) is 0 Å². The molecule has 3 rings (SSSR count). The van der Waals surface area contributed by atoms with Gasteiger partial charge in [-0.15, -0.1) is 0 Å². The second-order valence-corrected chi connectivity index (χ2v) is 6.37. The Morgan fingerprint density at radius 2 is 1.92 bits per heavy atom. The number of rotatable bonds is 7. The van der Waals surface area contributed by atoms with Crippen LogP contribution in [0.4, 0.5) is 0 Å². The van der Waals surface area contributed by atoms with E-state index in [0.29, 0.717) is 6.04 Å². The fourth-order valence-corrected chi connectivity index (χ4v) is 3.26. The third-order valence-electron chi connectivity index (χ3n) is 4.81. The first kappa shape index (κ1) is 17.9. The molecule has 1 saturated heterocycles. The molecule has 0 aliphatic carbocycles. The minimum Gasteiger partial charge on any atom is -0.497 e. The number of aromatic nitrogens is 1. The molecule has 6 heteroatoms. The zero-order chi connectivity index (χ0) is 17.6. The van der Waals surface area contributed by atoms with E-state index in [0.717, 1.165) is 62.2 Å². The number of benzene rings is 1. The number of morpholine rings is 1. The van der Waals surface area contributed by atoms with Crippen molar-refractivity contribution in [1.29, 1.82) is 0 Å². The summed E-state index contributed by atoms with van der Waals surface area (Å²) in [5.74, 6) is 1.77. The van der Waals surface area contributed by atoms with Crippen molar-refractivity contribution in [2.45, 2.75) is 26.4 Å². The lowest BCUT2D eigenvalue weighted by Crippen LogP contribution is -2.42. The lowest BCUT2D eigenvalue weighted by molar-refractivity contribution is 0.0161. The Bertz CT molecular complexity index is 644. The van der Waals surface area contributed by atoms with E-state index in [1.807, 2.05) is 26.0 Å². The molecule has 2 heterocycles. The van der Waals surface area contributed by atoms with Crippen LogP contribution in [0.25, 0.3) is 0 Å². The van der Waals surface area contributed by atoms with Crippen molar-refractivity contribution in [3.05, 3.63) is 46.8 Å². The summed E-state index contributed by atoms with van der Waals surface area (Å²) in [5.41, 5.74) is 3.39. The van der Waals surface area contributed by atoms with Crippen molar-refractivity contribution < 1.29 is 14.0 Å². The molecule has 1 aliphatic heterocycles. The van der Waals surface area contributed by atoms with Gasteiger partial charge in [0.1, 0.15) is 11.5 Å². The molecule has 0 unspecified atom stereocenters. The second-order valence-electron chi connectivity index (χ2n) is 6.37. The maximum Gasteiger partial charge on any atom is 0.138 e. The van der Waals surface area contributed by atoms with Crippen LogP contribution in [0, 0.1) is 13.8 Å². The zero-order valence-electron chi connectivity index (χ0n) is 15.2. The van der Waals surface area contributed by atoms with Gasteiger partial charge in [0.25, 0.3) is 0 Å². The molecule has 0 spiro atoms. The highest BCUT2D eigenvalue weighted by Gasteiger charge is 2.22. The molecule has 25 heavy (non-hydrogen) atoms. The summed E-state index contributed by atoms with van der Waals surface area (Å²) < 4.78 is 16.0. The van der Waals surface area contributed by atoms with Gasteiger partial charge in [-0.3, -0.25) is 4.90 Å². The minimum absolute atomic E-state index is 0.301. The quantitative estimate of drug-likeness (QED) is 0.832. The van der Waals surface area contributed by atoms with Gasteiger partial charge in [0.05, 0.1) is 26.0 Å². The van der Waals surface area contributed by atoms with Gasteiger partial charge in [0.2, 0.25) is 0 Å². The summed E-state index contributed by atoms with van der Waals surface area (Å²) in [5, 5.41) is 7.61. The van der Waals surface area contributed by atoms with Gasteiger partial charge in [0.15, 0.2) is 0 Å². The van der Waals surface area contributed by atoms with Crippen LogP contribution in [0.5, 0.6) is 5.75 Å². The lowest BCUT2D eigenvalue weighted by Gasteiger charge is -2.35. The standard InChI is InChI=1S/C19H27N3O3/c1-14-18(15(2)25-21-14)12-20-13-19(22-8-10-24-11-9-22)16-4-6-17(23-3)7-5-16/h4-7,19-20H,8-13H2,1-3H3/t19-/m1/s1. The van der Waals surface area contributed by atoms with Gasteiger partial charge in [-0.1, -0.05) is 17.3 Å². The normalized spacial score (nSPS) is 16.8. The SMILES string of the molecule is COc1ccc([C@@H](CNCc2c(C)noc2C)N2CCOCC2)cc1. The van der Waals surface area contributed by atoms with Gasteiger partial charge in [0, 0.05) is 37.8 Å². The minimum atomic E-state index is 0.301. The van der Waals surface area contributed by atoms with E-state index in [4.69, 9.17) is 14.0 Å². The monoisotopic (exact) mass is 345 g/mol. The molecular formula is C19H27N3O3. The Balaban J connectivity index is 1.69. The molecule has 136 valence electrons. The fourth-order valence-electron chi connectivity index (χ4n) is 3.26. The summed E-state index contributed by atoms with van der Waals surface area (Å²) >= 11 is 0. The number of nitrogens with zero attached hydrogens (tertiary/aromatic N) is 2. The van der Waals surface area contributed by atoms with Crippen LogP contribution in [0.2, 0.25) is 0 Å². The molecule has 1 aliphatic rings. The molecule has 1 atom stereocenters. The van der Waals surface area contributed by atoms with E-state index in [-0.39, 0.29) is 0 Å². The van der Waals surface area contributed by atoms with E-state index in [2.05, 4.69) is 27.5 Å². The van der Waals surface area contributed by atoms with Gasteiger partial charge in [-0.25, -0.2) is 0 Å². The largest absolute Gasteiger partial charge is 0.497 e. The maximum absolute atomic E-state index is 5.51. The Morgan fingerprint density at radius 1 is 1.20 bits per heavy atom. The van der Waals surface area contributed by atoms with E-state index >= 15 is 0 Å². The van der Waals surface area contributed by atoms with Crippen molar-refractivity contribution in [2.75, 3.05) is 40.0 Å². The number of nitrogens with one attached hydrogen (secondary N) is 1. The number of hydrogen-bond acceptors (Lipinski definition) is 6. The van der Waals surface area contributed by atoms with Crippen molar-refractivity contribution in [1.82, 2.24) is 15.4 Å². The Morgan fingerprint density at radius 3 is 2.52 bits per heavy atom. The highest BCUT2D eigenvalue weighted by Crippen LogP contribution is 2.24. The third kappa shape index (κ3) is 4.39. The van der Waals surface area contributed by atoms with Gasteiger partial charge >= 0.3 is 0 Å². The average Bonchev–Trinajstić information content (AvgIpc) is 2.98. The van der Waals surface area contributed by atoms with Crippen LogP contribution in [-0.2, 0) is 11.3 Å². The molecular weight excluding hydrogens is 318 g/mol. The second kappa shape index (κ2) is 8.47. The molecule has 1 N–H and O–H groups in total. The highest BCUT2D eigenvalue weighted by molar-refractivity contribution is 5.29. The van der Waals surface area contributed by atoms with Crippen molar-refractivity contribution in [3.8, 4) is 5.75 Å². The Hall–Kier alpha value is -1.89. The van der Waals surface area contributed by atoms with Crippen molar-refractivity contribution >= 4 is 0 Å². The first-order chi connectivity index (χ1) is 12.2. The first-order valence-corrected chi connectivity index (χ1v) is 8.77. The Kier molecular flexibility index (Phi) is 6.07. The van der Waals surface area contributed by atoms with E-state index < -0.39 is 0 Å². The number of hydrogen-bond donors (Lipinski definition) is 1. The average molecular weight is 345 g/mol. The predicted octanol–water partition coefficient (Wildman–Crippen LogP) is 2.46. The topological polar surface area (TPSA) is 59.8 Å². The molecule has 0 radical (unpaired) electrons. The number of methoxy groups -OCH3 is 1. The number of aryl methyl sites for hydroxylation is 2. The van der Waals surface area contributed by atoms with Crippen LogP contribution in [0.3, 0.4) is 0 Å². The predicted molar refractivity (Wildman–Crippen MR) is 95.8 cm³/mol. The van der Waals surface area contributed by atoms with Crippen LogP contribution in [-0.4, -0.2) is 50.0 Å². The van der Waals surface area contributed by atoms with Crippen molar-refractivity contribution in [2.24, 2.45) is 0 Å². The summed E-state index contributed by atoms with van der Waals surface area (Å²) in [7, 11) is 1.69. The van der Waals surface area contributed by atoms with Crippen LogP contribution < -0.4 is 10.1 Å². The molecule has 1 fully saturated rings.